The van der Waals surface area contributed by atoms with Gasteiger partial charge >= 0.3 is 6.18 Å². The second-order valence-corrected chi connectivity index (χ2v) is 2.72. The van der Waals surface area contributed by atoms with Gasteiger partial charge in [-0.05, 0) is 12.1 Å². The summed E-state index contributed by atoms with van der Waals surface area (Å²) in [4.78, 5) is 0. The molecule has 0 aromatic heterocycles. The van der Waals surface area contributed by atoms with Gasteiger partial charge in [0.25, 0.3) is 0 Å². The number of aliphatic hydroxyl groups is 1. The second kappa shape index (κ2) is 3.45. The first-order valence-corrected chi connectivity index (χ1v) is 3.62. The van der Waals surface area contributed by atoms with E-state index >= 15 is 0 Å². The highest BCUT2D eigenvalue weighted by Gasteiger charge is 2.40. The van der Waals surface area contributed by atoms with Crippen LogP contribution in [0.2, 0.25) is 0 Å². The number of nitrogens with two attached hydrogens (primary N) is 1. The first-order chi connectivity index (χ1) is 6.32. The van der Waals surface area contributed by atoms with Crippen molar-refractivity contribution in [3.8, 4) is 0 Å². The van der Waals surface area contributed by atoms with Crippen molar-refractivity contribution in [2.45, 2.75) is 12.3 Å². The minimum absolute atomic E-state index is 0.421. The van der Waals surface area contributed by atoms with Crippen molar-refractivity contribution in [2.75, 3.05) is 5.73 Å². The molecule has 1 rings (SSSR count). The number of rotatable bonds is 1. The number of nitrogen functional groups attached to an aromatic ring is 1. The predicted octanol–water partition coefficient (Wildman–Crippen LogP) is 2.00. The SMILES string of the molecule is Nc1cc(F)ccc1C(O)C(F)(F)F. The molecule has 78 valence electrons. The van der Waals surface area contributed by atoms with Gasteiger partial charge in [-0.25, -0.2) is 4.39 Å². The van der Waals surface area contributed by atoms with Crippen LogP contribution in [0.3, 0.4) is 0 Å². The Morgan fingerprint density at radius 1 is 1.29 bits per heavy atom. The van der Waals surface area contributed by atoms with Gasteiger partial charge < -0.3 is 10.8 Å². The number of anilines is 1. The third-order valence-electron chi connectivity index (χ3n) is 1.65. The molecule has 14 heavy (non-hydrogen) atoms. The van der Waals surface area contributed by atoms with Gasteiger partial charge in [-0.3, -0.25) is 0 Å². The molecule has 1 aromatic carbocycles. The Bertz CT molecular complexity index is 337. The normalized spacial score (nSPS) is 14.1. The Morgan fingerprint density at radius 2 is 1.86 bits per heavy atom. The lowest BCUT2D eigenvalue weighted by molar-refractivity contribution is -0.206. The summed E-state index contributed by atoms with van der Waals surface area (Å²) in [6.45, 7) is 0. The van der Waals surface area contributed by atoms with E-state index in [0.29, 0.717) is 0 Å². The number of benzene rings is 1. The fourth-order valence-corrected chi connectivity index (χ4v) is 0.971. The largest absolute Gasteiger partial charge is 0.418 e. The van der Waals surface area contributed by atoms with Crippen molar-refractivity contribution in [1.29, 1.82) is 0 Å². The maximum atomic E-state index is 12.5. The van der Waals surface area contributed by atoms with Gasteiger partial charge in [0.2, 0.25) is 0 Å². The van der Waals surface area contributed by atoms with Crippen molar-refractivity contribution in [3.05, 3.63) is 29.6 Å². The van der Waals surface area contributed by atoms with E-state index in [9.17, 15) is 17.6 Å². The second-order valence-electron chi connectivity index (χ2n) is 2.72. The van der Waals surface area contributed by atoms with Crippen LogP contribution in [0.15, 0.2) is 18.2 Å². The van der Waals surface area contributed by atoms with Crippen LogP contribution in [0.1, 0.15) is 11.7 Å². The molecular formula is C8H7F4NO. The zero-order chi connectivity index (χ0) is 10.9. The molecule has 0 amide bonds. The lowest BCUT2D eigenvalue weighted by Gasteiger charge is -2.16. The number of alkyl halides is 3. The zero-order valence-electron chi connectivity index (χ0n) is 6.85. The molecule has 0 radical (unpaired) electrons. The first kappa shape index (κ1) is 10.8. The lowest BCUT2D eigenvalue weighted by Crippen LogP contribution is -2.21. The molecule has 0 spiro atoms. The highest BCUT2D eigenvalue weighted by molar-refractivity contribution is 5.48. The molecule has 0 aliphatic heterocycles. The van der Waals surface area contributed by atoms with Crippen LogP contribution in [0.25, 0.3) is 0 Å². The topological polar surface area (TPSA) is 46.2 Å². The van der Waals surface area contributed by atoms with E-state index in [1.54, 1.807) is 0 Å². The van der Waals surface area contributed by atoms with E-state index in [2.05, 4.69) is 0 Å². The summed E-state index contributed by atoms with van der Waals surface area (Å²) in [7, 11) is 0. The summed E-state index contributed by atoms with van der Waals surface area (Å²) in [5.74, 6) is -0.749. The summed E-state index contributed by atoms with van der Waals surface area (Å²) in [6, 6.07) is 2.34. The van der Waals surface area contributed by atoms with Gasteiger partial charge in [-0.15, -0.1) is 0 Å². The summed E-state index contributed by atoms with van der Waals surface area (Å²) >= 11 is 0. The number of hydrogen-bond donors (Lipinski definition) is 2. The molecule has 1 aromatic rings. The lowest BCUT2D eigenvalue weighted by atomic mass is 10.1. The zero-order valence-corrected chi connectivity index (χ0v) is 6.85. The first-order valence-electron chi connectivity index (χ1n) is 3.62. The summed E-state index contributed by atoms with van der Waals surface area (Å²) in [6.07, 6.45) is -7.48. The number of halogens is 4. The number of aliphatic hydroxyl groups excluding tert-OH is 1. The standard InChI is InChI=1S/C8H7F4NO/c9-4-1-2-5(6(13)3-4)7(14)8(10,11)12/h1-3,7,14H,13H2. The molecule has 2 nitrogen and oxygen atoms in total. The van der Waals surface area contributed by atoms with Crippen LogP contribution in [0, 0.1) is 5.82 Å². The van der Waals surface area contributed by atoms with Gasteiger partial charge in [-0.2, -0.15) is 13.2 Å². The third-order valence-corrected chi connectivity index (χ3v) is 1.65. The Morgan fingerprint density at radius 3 is 2.29 bits per heavy atom. The summed E-state index contributed by atoms with van der Waals surface area (Å²) in [5.41, 5.74) is 4.15. The summed E-state index contributed by atoms with van der Waals surface area (Å²) in [5, 5.41) is 8.80. The van der Waals surface area contributed by atoms with Crippen molar-refractivity contribution in [3.63, 3.8) is 0 Å². The van der Waals surface area contributed by atoms with E-state index < -0.39 is 29.3 Å². The van der Waals surface area contributed by atoms with Crippen LogP contribution in [-0.4, -0.2) is 11.3 Å². The fourth-order valence-electron chi connectivity index (χ4n) is 0.971. The van der Waals surface area contributed by atoms with E-state index in [-0.39, 0.29) is 0 Å². The molecule has 1 unspecified atom stereocenters. The highest BCUT2D eigenvalue weighted by atomic mass is 19.4. The smallest absolute Gasteiger partial charge is 0.398 e. The number of hydrogen-bond acceptors (Lipinski definition) is 2. The van der Waals surface area contributed by atoms with Gasteiger partial charge in [0.1, 0.15) is 5.82 Å². The molecule has 0 heterocycles. The van der Waals surface area contributed by atoms with Crippen LogP contribution in [0.4, 0.5) is 23.2 Å². The molecule has 6 heteroatoms. The fraction of sp³-hybridized carbons (Fsp3) is 0.250. The molecular weight excluding hydrogens is 202 g/mol. The quantitative estimate of drug-likeness (QED) is 0.549. The van der Waals surface area contributed by atoms with Crippen LogP contribution in [0.5, 0.6) is 0 Å². The van der Waals surface area contributed by atoms with Crippen LogP contribution < -0.4 is 5.73 Å². The molecule has 0 saturated carbocycles. The van der Waals surface area contributed by atoms with Gasteiger partial charge in [-0.1, -0.05) is 6.07 Å². The Kier molecular flexibility index (Phi) is 2.66. The molecule has 0 fully saturated rings. The van der Waals surface area contributed by atoms with E-state index in [0.717, 1.165) is 18.2 Å². The molecule has 0 aliphatic carbocycles. The van der Waals surface area contributed by atoms with Crippen LogP contribution >= 0.6 is 0 Å². The average molecular weight is 209 g/mol. The van der Waals surface area contributed by atoms with Gasteiger partial charge in [0.15, 0.2) is 6.10 Å². The van der Waals surface area contributed by atoms with E-state index in [4.69, 9.17) is 10.8 Å². The summed E-state index contributed by atoms with van der Waals surface area (Å²) < 4.78 is 48.5. The maximum Gasteiger partial charge on any atom is 0.418 e. The minimum atomic E-state index is -4.80. The van der Waals surface area contributed by atoms with Crippen LogP contribution in [-0.2, 0) is 0 Å². The predicted molar refractivity (Wildman–Crippen MR) is 41.8 cm³/mol. The monoisotopic (exact) mass is 209 g/mol. The van der Waals surface area contributed by atoms with Gasteiger partial charge in [0, 0.05) is 11.3 Å². The third kappa shape index (κ3) is 2.14. The van der Waals surface area contributed by atoms with Crippen molar-refractivity contribution in [1.82, 2.24) is 0 Å². The molecule has 0 aliphatic rings. The van der Waals surface area contributed by atoms with Crippen molar-refractivity contribution >= 4 is 5.69 Å². The van der Waals surface area contributed by atoms with E-state index in [1.165, 1.54) is 0 Å². The minimum Gasteiger partial charge on any atom is -0.398 e. The molecule has 3 N–H and O–H groups in total. The Labute approximate surface area is 77.0 Å². The Balaban J connectivity index is 3.08. The van der Waals surface area contributed by atoms with Crippen molar-refractivity contribution in [2.24, 2.45) is 0 Å². The van der Waals surface area contributed by atoms with Gasteiger partial charge in [0.05, 0.1) is 0 Å². The molecule has 1 atom stereocenters. The van der Waals surface area contributed by atoms with Crippen molar-refractivity contribution < 1.29 is 22.7 Å². The molecule has 0 bridgehead atoms. The maximum absolute atomic E-state index is 12.5. The van der Waals surface area contributed by atoms with E-state index in [1.807, 2.05) is 0 Å². The highest BCUT2D eigenvalue weighted by Crippen LogP contribution is 2.35. The Hall–Kier alpha value is -1.30. The molecule has 0 saturated heterocycles. The average Bonchev–Trinajstić information content (AvgIpc) is 2.01.